The van der Waals surface area contributed by atoms with E-state index in [1.54, 1.807) is 12.4 Å². The van der Waals surface area contributed by atoms with Gasteiger partial charge in [-0.15, -0.1) is 0 Å². The van der Waals surface area contributed by atoms with Gasteiger partial charge >= 0.3 is 5.97 Å². The molecule has 2 N–H and O–H groups in total. The van der Waals surface area contributed by atoms with E-state index in [0.29, 0.717) is 36.6 Å². The lowest BCUT2D eigenvalue weighted by Gasteiger charge is -2.34. The zero-order chi connectivity index (χ0) is 13.9. The maximum atomic E-state index is 10.9. The molecule has 1 saturated carbocycles. The number of carbonyl (C=O) groups is 1. The van der Waals surface area contributed by atoms with Crippen LogP contribution < -0.4 is 0 Å². The van der Waals surface area contributed by atoms with Gasteiger partial charge in [-0.25, -0.2) is 9.97 Å². The number of carboxylic acids is 1. The van der Waals surface area contributed by atoms with Crippen molar-refractivity contribution in [2.24, 2.45) is 5.92 Å². The number of nitrogens with zero attached hydrogens (tertiary/aromatic N) is 2. The number of hydrogen-bond acceptors (Lipinski definition) is 5. The summed E-state index contributed by atoms with van der Waals surface area (Å²) in [6.45, 7) is 1.93. The lowest BCUT2D eigenvalue weighted by molar-refractivity contribution is -0.144. The summed E-state index contributed by atoms with van der Waals surface area (Å²) in [6, 6.07) is 0. The largest absolute Gasteiger partial charge is 0.481 e. The van der Waals surface area contributed by atoms with Gasteiger partial charge in [-0.05, 0) is 38.2 Å². The monoisotopic (exact) mass is 282 g/mol. The fourth-order valence-electron chi connectivity index (χ4n) is 2.20. The predicted octanol–water partition coefficient (Wildman–Crippen LogP) is 1.88. The molecule has 19 heavy (non-hydrogen) atoms. The molecular weight excluding hydrogens is 264 g/mol. The van der Waals surface area contributed by atoms with Crippen LogP contribution in [0.2, 0.25) is 0 Å². The van der Waals surface area contributed by atoms with Crippen LogP contribution in [0.15, 0.2) is 17.6 Å². The Morgan fingerprint density at radius 3 is 2.53 bits per heavy atom. The highest BCUT2D eigenvalue weighted by Gasteiger charge is 2.35. The van der Waals surface area contributed by atoms with Gasteiger partial charge in [0.25, 0.3) is 0 Å². The normalized spacial score (nSPS) is 27.2. The van der Waals surface area contributed by atoms with E-state index in [2.05, 4.69) is 9.97 Å². The third-order valence-electron chi connectivity index (χ3n) is 3.49. The summed E-state index contributed by atoms with van der Waals surface area (Å²) >= 11 is 1.42. The Labute approximate surface area is 116 Å². The number of aromatic nitrogens is 2. The Kier molecular flexibility index (Phi) is 4.42. The average molecular weight is 282 g/mol. The molecule has 0 unspecified atom stereocenters. The molecule has 0 bridgehead atoms. The molecule has 1 aliphatic rings. The van der Waals surface area contributed by atoms with Crippen molar-refractivity contribution in [1.29, 1.82) is 0 Å². The van der Waals surface area contributed by atoms with E-state index in [-0.39, 0.29) is 5.92 Å². The molecule has 0 spiro atoms. The molecule has 1 fully saturated rings. The molecule has 1 aromatic rings. The van der Waals surface area contributed by atoms with Crippen LogP contribution in [0.1, 0.15) is 31.2 Å². The number of rotatable bonds is 4. The summed E-state index contributed by atoms with van der Waals surface area (Å²) in [6.07, 6.45) is 5.65. The summed E-state index contributed by atoms with van der Waals surface area (Å²) in [7, 11) is 0. The molecule has 6 heteroatoms. The van der Waals surface area contributed by atoms with Crippen molar-refractivity contribution < 1.29 is 15.0 Å². The number of carboxylic acid groups (broad SMARTS) is 1. The number of aryl methyl sites for hydroxylation is 1. The first-order valence-electron chi connectivity index (χ1n) is 6.35. The fraction of sp³-hybridized carbons (Fsp3) is 0.615. The topological polar surface area (TPSA) is 83.3 Å². The predicted molar refractivity (Wildman–Crippen MR) is 72.0 cm³/mol. The standard InChI is InChI=1S/C13H18N2O3S/c1-9-6-14-12(15-7-9)19-8-13(18)4-2-10(3-5-13)11(16)17/h6-7,10,18H,2-5,8H2,1H3,(H,16,17). The minimum absolute atomic E-state index is 0.305. The van der Waals surface area contributed by atoms with Gasteiger partial charge in [-0.2, -0.15) is 0 Å². The summed E-state index contributed by atoms with van der Waals surface area (Å²) in [5, 5.41) is 20.0. The molecule has 0 saturated heterocycles. The highest BCUT2D eigenvalue weighted by atomic mass is 32.2. The van der Waals surface area contributed by atoms with E-state index in [1.165, 1.54) is 11.8 Å². The van der Waals surface area contributed by atoms with Gasteiger partial charge in [0.2, 0.25) is 0 Å². The maximum absolute atomic E-state index is 10.9. The second-order valence-electron chi connectivity index (χ2n) is 5.17. The molecule has 0 atom stereocenters. The molecular formula is C13H18N2O3S. The van der Waals surface area contributed by atoms with Crippen LogP contribution in [0.5, 0.6) is 0 Å². The van der Waals surface area contributed by atoms with Crippen molar-refractivity contribution >= 4 is 17.7 Å². The van der Waals surface area contributed by atoms with Crippen LogP contribution in [0.25, 0.3) is 0 Å². The van der Waals surface area contributed by atoms with Crippen LogP contribution in [-0.2, 0) is 4.79 Å². The fourth-order valence-corrected chi connectivity index (χ4v) is 3.14. The highest BCUT2D eigenvalue weighted by molar-refractivity contribution is 7.99. The van der Waals surface area contributed by atoms with Gasteiger partial charge in [0.15, 0.2) is 5.16 Å². The number of thioether (sulfide) groups is 1. The van der Waals surface area contributed by atoms with Gasteiger partial charge in [-0.3, -0.25) is 4.79 Å². The molecule has 1 aliphatic carbocycles. The zero-order valence-corrected chi connectivity index (χ0v) is 11.7. The number of aliphatic hydroxyl groups is 1. The lowest BCUT2D eigenvalue weighted by atomic mass is 9.80. The van der Waals surface area contributed by atoms with E-state index in [4.69, 9.17) is 5.11 Å². The Hall–Kier alpha value is -1.14. The SMILES string of the molecule is Cc1cnc(SCC2(O)CCC(C(=O)O)CC2)nc1. The van der Waals surface area contributed by atoms with E-state index in [9.17, 15) is 9.90 Å². The molecule has 0 aromatic carbocycles. The maximum Gasteiger partial charge on any atom is 0.306 e. The Morgan fingerprint density at radius 1 is 1.42 bits per heavy atom. The van der Waals surface area contributed by atoms with Gasteiger partial charge in [-0.1, -0.05) is 11.8 Å². The van der Waals surface area contributed by atoms with Crippen molar-refractivity contribution in [2.45, 2.75) is 43.4 Å². The van der Waals surface area contributed by atoms with Crippen LogP contribution >= 0.6 is 11.8 Å². The molecule has 0 aliphatic heterocycles. The minimum Gasteiger partial charge on any atom is -0.481 e. The van der Waals surface area contributed by atoms with Crippen molar-refractivity contribution in [2.75, 3.05) is 5.75 Å². The Morgan fingerprint density at radius 2 is 2.00 bits per heavy atom. The van der Waals surface area contributed by atoms with E-state index < -0.39 is 11.6 Å². The van der Waals surface area contributed by atoms with Crippen molar-refractivity contribution in [3.8, 4) is 0 Å². The summed E-state index contributed by atoms with van der Waals surface area (Å²) in [5.74, 6) is -0.542. The average Bonchev–Trinajstić information content (AvgIpc) is 2.39. The number of hydrogen-bond donors (Lipinski definition) is 2. The lowest BCUT2D eigenvalue weighted by Crippen LogP contribution is -2.38. The Bertz CT molecular complexity index is 442. The molecule has 0 amide bonds. The van der Waals surface area contributed by atoms with Crippen LogP contribution in [0.4, 0.5) is 0 Å². The minimum atomic E-state index is -0.787. The Balaban J connectivity index is 1.86. The molecule has 1 aromatic heterocycles. The van der Waals surface area contributed by atoms with Crippen molar-refractivity contribution in [1.82, 2.24) is 9.97 Å². The summed E-state index contributed by atoms with van der Waals surface area (Å²) < 4.78 is 0. The van der Waals surface area contributed by atoms with E-state index in [1.807, 2.05) is 6.92 Å². The second-order valence-corrected chi connectivity index (χ2v) is 6.11. The molecule has 1 heterocycles. The molecule has 104 valence electrons. The van der Waals surface area contributed by atoms with Crippen LogP contribution in [0, 0.1) is 12.8 Å². The van der Waals surface area contributed by atoms with Gasteiger partial charge in [0, 0.05) is 18.1 Å². The summed E-state index contributed by atoms with van der Waals surface area (Å²) in [5.41, 5.74) is 0.218. The zero-order valence-electron chi connectivity index (χ0n) is 10.9. The van der Waals surface area contributed by atoms with Crippen molar-refractivity contribution in [3.05, 3.63) is 18.0 Å². The highest BCUT2D eigenvalue weighted by Crippen LogP contribution is 2.35. The van der Waals surface area contributed by atoms with Gasteiger partial charge in [0.1, 0.15) is 0 Å². The smallest absolute Gasteiger partial charge is 0.306 e. The third-order valence-corrected chi connectivity index (χ3v) is 4.64. The first kappa shape index (κ1) is 14.3. The molecule has 0 radical (unpaired) electrons. The second kappa shape index (κ2) is 5.88. The first-order valence-corrected chi connectivity index (χ1v) is 7.34. The van der Waals surface area contributed by atoms with Crippen LogP contribution in [-0.4, -0.2) is 37.5 Å². The van der Waals surface area contributed by atoms with E-state index >= 15 is 0 Å². The summed E-state index contributed by atoms with van der Waals surface area (Å²) in [4.78, 5) is 19.2. The van der Waals surface area contributed by atoms with Crippen molar-refractivity contribution in [3.63, 3.8) is 0 Å². The molecule has 5 nitrogen and oxygen atoms in total. The quantitative estimate of drug-likeness (QED) is 0.648. The number of aliphatic carboxylic acids is 1. The first-order chi connectivity index (χ1) is 8.98. The van der Waals surface area contributed by atoms with Gasteiger partial charge in [0.05, 0.1) is 11.5 Å². The third kappa shape index (κ3) is 3.91. The molecule has 2 rings (SSSR count). The van der Waals surface area contributed by atoms with Crippen LogP contribution in [0.3, 0.4) is 0 Å². The van der Waals surface area contributed by atoms with Gasteiger partial charge < -0.3 is 10.2 Å². The van der Waals surface area contributed by atoms with E-state index in [0.717, 1.165) is 5.56 Å².